The number of amides is 1. The number of hydrogen-bond acceptors (Lipinski definition) is 6. The number of sulfonamides is 1. The van der Waals surface area contributed by atoms with Gasteiger partial charge in [-0.1, -0.05) is 0 Å². The second kappa shape index (κ2) is 7.67. The van der Waals surface area contributed by atoms with Crippen LogP contribution in [0.2, 0.25) is 0 Å². The number of nitrogens with one attached hydrogen (secondary N) is 2. The van der Waals surface area contributed by atoms with Gasteiger partial charge in [0.2, 0.25) is 15.9 Å². The Bertz CT molecular complexity index is 1190. The number of fused-ring (bicyclic) bond motifs is 3. The fourth-order valence-electron chi connectivity index (χ4n) is 3.57. The molecule has 1 aromatic carbocycles. The van der Waals surface area contributed by atoms with E-state index in [4.69, 9.17) is 5.73 Å². The van der Waals surface area contributed by atoms with Crippen LogP contribution in [0.5, 0.6) is 0 Å². The van der Waals surface area contributed by atoms with Gasteiger partial charge in [-0.2, -0.15) is 10.2 Å². The van der Waals surface area contributed by atoms with Gasteiger partial charge in [0, 0.05) is 23.4 Å². The zero-order chi connectivity index (χ0) is 21.5. The number of rotatable bonds is 7. The second-order valence-electron chi connectivity index (χ2n) is 7.29. The van der Waals surface area contributed by atoms with Gasteiger partial charge in [0.15, 0.2) is 0 Å². The van der Waals surface area contributed by atoms with E-state index in [0.717, 1.165) is 28.9 Å². The van der Waals surface area contributed by atoms with Crippen LogP contribution in [0.4, 0.5) is 0 Å². The molecule has 0 radical (unpaired) electrons. The number of H-pyrrole nitrogens is 1. The number of carbonyl (C=O) groups excluding carboxylic acids is 1. The minimum absolute atomic E-state index is 0.0260. The number of aliphatic hydroxyl groups excluding tert-OH is 1. The Balaban J connectivity index is 1.75. The topological polar surface area (TPSA) is 156 Å². The number of carbonyl (C=O) groups is 1. The molecule has 0 saturated heterocycles. The molecular formula is C19H22N6O4S. The number of aromatic amines is 1. The largest absolute Gasteiger partial charge is 0.392 e. The van der Waals surface area contributed by atoms with E-state index < -0.39 is 22.0 Å². The lowest BCUT2D eigenvalue weighted by molar-refractivity contribution is -0.117. The number of nitrogens with zero attached hydrogens (tertiary/aromatic N) is 3. The van der Waals surface area contributed by atoms with Gasteiger partial charge in [0.1, 0.15) is 0 Å². The first-order valence-corrected chi connectivity index (χ1v) is 10.9. The zero-order valence-electron chi connectivity index (χ0n) is 16.3. The maximum atomic E-state index is 12.4. The van der Waals surface area contributed by atoms with Crippen molar-refractivity contribution in [2.24, 2.45) is 5.73 Å². The van der Waals surface area contributed by atoms with E-state index in [9.17, 15) is 18.3 Å². The highest BCUT2D eigenvalue weighted by atomic mass is 32.2. The molecule has 0 fully saturated rings. The monoisotopic (exact) mass is 430 g/mol. The molecule has 158 valence electrons. The number of aliphatic hydroxyl groups is 1. The maximum absolute atomic E-state index is 12.4. The van der Waals surface area contributed by atoms with Crippen LogP contribution in [0, 0.1) is 0 Å². The van der Waals surface area contributed by atoms with Crippen LogP contribution in [0.3, 0.4) is 0 Å². The number of nitrogens with two attached hydrogens (primary N) is 1. The average molecular weight is 430 g/mol. The standard InChI is InChI=1S/C19H22N6O4S/c1-11(26)9-22-30(28,29)13-4-2-12(3-5-13)25-19-14(17(24-25)8-18(20)27)6-7-16-15(19)10-21-23-16/h2-5,10-11,22,26H,6-9H2,1H3,(H2,20,27)(H,21,23). The Kier molecular flexibility index (Phi) is 5.18. The van der Waals surface area contributed by atoms with Gasteiger partial charge in [-0.05, 0) is 44.0 Å². The Hall–Kier alpha value is -3.02. The smallest absolute Gasteiger partial charge is 0.240 e. The molecule has 30 heavy (non-hydrogen) atoms. The van der Waals surface area contributed by atoms with E-state index in [1.54, 1.807) is 23.0 Å². The van der Waals surface area contributed by atoms with E-state index in [-0.39, 0.29) is 17.9 Å². The minimum Gasteiger partial charge on any atom is -0.392 e. The van der Waals surface area contributed by atoms with Crippen molar-refractivity contribution in [3.63, 3.8) is 0 Å². The summed E-state index contributed by atoms with van der Waals surface area (Å²) in [5, 5.41) is 21.0. The van der Waals surface area contributed by atoms with Crippen LogP contribution in [0.25, 0.3) is 16.9 Å². The SMILES string of the molecule is CC(O)CNS(=O)(=O)c1ccc(-n2nc(CC(N)=O)c3c2-c2cn[nH]c2CC3)cc1. The molecule has 1 aliphatic rings. The van der Waals surface area contributed by atoms with Gasteiger partial charge in [0.05, 0.1) is 40.7 Å². The van der Waals surface area contributed by atoms with Gasteiger partial charge >= 0.3 is 0 Å². The van der Waals surface area contributed by atoms with Crippen LogP contribution in [-0.4, -0.2) is 52.1 Å². The van der Waals surface area contributed by atoms with Crippen LogP contribution < -0.4 is 10.5 Å². The summed E-state index contributed by atoms with van der Waals surface area (Å²) in [5.41, 5.74) is 10.3. The molecule has 10 nitrogen and oxygen atoms in total. The third kappa shape index (κ3) is 3.74. The molecule has 2 heterocycles. The van der Waals surface area contributed by atoms with E-state index in [1.165, 1.54) is 19.1 Å². The molecule has 0 aliphatic heterocycles. The average Bonchev–Trinajstić information content (AvgIpc) is 3.31. The molecule has 1 atom stereocenters. The van der Waals surface area contributed by atoms with E-state index in [0.29, 0.717) is 17.8 Å². The normalized spacial score (nSPS) is 14.2. The number of aromatic nitrogens is 4. The first-order valence-electron chi connectivity index (χ1n) is 9.46. The fraction of sp³-hybridized carbons (Fsp3) is 0.316. The molecule has 4 rings (SSSR count). The highest BCUT2D eigenvalue weighted by Crippen LogP contribution is 2.36. The molecule has 5 N–H and O–H groups in total. The number of primary amides is 1. The van der Waals surface area contributed by atoms with Crippen molar-refractivity contribution in [2.45, 2.75) is 37.2 Å². The van der Waals surface area contributed by atoms with Gasteiger partial charge in [-0.3, -0.25) is 9.89 Å². The van der Waals surface area contributed by atoms with Crippen molar-refractivity contribution in [3.8, 4) is 16.9 Å². The third-order valence-electron chi connectivity index (χ3n) is 4.97. The summed E-state index contributed by atoms with van der Waals surface area (Å²) < 4.78 is 28.8. The van der Waals surface area contributed by atoms with E-state index in [1.807, 2.05) is 0 Å². The predicted octanol–water partition coefficient (Wildman–Crippen LogP) is 0.0479. The molecule has 0 bridgehead atoms. The van der Waals surface area contributed by atoms with E-state index in [2.05, 4.69) is 20.0 Å². The second-order valence-corrected chi connectivity index (χ2v) is 9.05. The van der Waals surface area contributed by atoms with Crippen LogP contribution in [0.15, 0.2) is 35.4 Å². The highest BCUT2D eigenvalue weighted by Gasteiger charge is 2.28. The van der Waals surface area contributed by atoms with Gasteiger partial charge in [0.25, 0.3) is 0 Å². The Labute approximate surface area is 173 Å². The van der Waals surface area contributed by atoms with Crippen LogP contribution in [-0.2, 0) is 34.1 Å². The number of benzene rings is 1. The van der Waals surface area contributed by atoms with Crippen molar-refractivity contribution in [3.05, 3.63) is 47.4 Å². The van der Waals surface area contributed by atoms with Crippen molar-refractivity contribution < 1.29 is 18.3 Å². The Morgan fingerprint density at radius 1 is 1.33 bits per heavy atom. The molecule has 3 aromatic rings. The van der Waals surface area contributed by atoms with Gasteiger partial charge in [-0.25, -0.2) is 17.8 Å². The molecule has 0 saturated carbocycles. The molecule has 2 aromatic heterocycles. The van der Waals surface area contributed by atoms with Crippen molar-refractivity contribution >= 4 is 15.9 Å². The molecule has 11 heteroatoms. The third-order valence-corrected chi connectivity index (χ3v) is 6.41. The first-order chi connectivity index (χ1) is 14.3. The van der Waals surface area contributed by atoms with Gasteiger partial charge < -0.3 is 10.8 Å². The summed E-state index contributed by atoms with van der Waals surface area (Å²) in [5.74, 6) is -0.467. The van der Waals surface area contributed by atoms with E-state index >= 15 is 0 Å². The maximum Gasteiger partial charge on any atom is 0.240 e. The fourth-order valence-corrected chi connectivity index (χ4v) is 4.69. The number of aryl methyl sites for hydroxylation is 1. The highest BCUT2D eigenvalue weighted by molar-refractivity contribution is 7.89. The van der Waals surface area contributed by atoms with Crippen LogP contribution >= 0.6 is 0 Å². The summed E-state index contributed by atoms with van der Waals surface area (Å²) in [6.45, 7) is 1.43. The molecule has 1 amide bonds. The lowest BCUT2D eigenvalue weighted by Crippen LogP contribution is -2.30. The first kappa shape index (κ1) is 20.3. The lowest BCUT2D eigenvalue weighted by atomic mass is 9.93. The van der Waals surface area contributed by atoms with Crippen molar-refractivity contribution in [2.75, 3.05) is 6.54 Å². The molecular weight excluding hydrogens is 408 g/mol. The molecule has 1 aliphatic carbocycles. The van der Waals surface area contributed by atoms with Crippen molar-refractivity contribution in [1.82, 2.24) is 24.7 Å². The predicted molar refractivity (Wildman–Crippen MR) is 108 cm³/mol. The summed E-state index contributed by atoms with van der Waals surface area (Å²) in [7, 11) is -3.74. The Morgan fingerprint density at radius 2 is 2.07 bits per heavy atom. The van der Waals surface area contributed by atoms with Gasteiger partial charge in [-0.15, -0.1) is 0 Å². The summed E-state index contributed by atoms with van der Waals surface area (Å²) in [6.07, 6.45) is 2.41. The summed E-state index contributed by atoms with van der Waals surface area (Å²) >= 11 is 0. The Morgan fingerprint density at radius 3 is 2.73 bits per heavy atom. The summed E-state index contributed by atoms with van der Waals surface area (Å²) in [6, 6.07) is 6.24. The summed E-state index contributed by atoms with van der Waals surface area (Å²) in [4.78, 5) is 11.6. The minimum atomic E-state index is -3.74. The zero-order valence-corrected chi connectivity index (χ0v) is 17.1. The van der Waals surface area contributed by atoms with Crippen molar-refractivity contribution in [1.29, 1.82) is 0 Å². The lowest BCUT2D eigenvalue weighted by Gasteiger charge is -2.15. The molecule has 1 unspecified atom stereocenters. The quantitative estimate of drug-likeness (QED) is 0.415. The molecule has 0 spiro atoms. The number of hydrogen-bond donors (Lipinski definition) is 4. The van der Waals surface area contributed by atoms with Crippen LogP contribution in [0.1, 0.15) is 23.9 Å².